The van der Waals surface area contributed by atoms with Gasteiger partial charge in [-0.2, -0.15) is 0 Å². The van der Waals surface area contributed by atoms with Crippen LogP contribution in [0.5, 0.6) is 0 Å². The first-order chi connectivity index (χ1) is 9.97. The fourth-order valence-corrected chi connectivity index (χ4v) is 3.15. The zero-order valence-corrected chi connectivity index (χ0v) is 13.4. The normalized spacial score (nSPS) is 11.3. The van der Waals surface area contributed by atoms with E-state index >= 15 is 0 Å². The molecule has 0 aliphatic carbocycles. The van der Waals surface area contributed by atoms with E-state index < -0.39 is 10.0 Å². The minimum atomic E-state index is -3.49. The number of benzene rings is 2. The molecule has 0 saturated carbocycles. The second-order valence-corrected chi connectivity index (χ2v) is 7.02. The van der Waals surface area contributed by atoms with E-state index in [-0.39, 0.29) is 4.90 Å². The van der Waals surface area contributed by atoms with E-state index in [1.807, 2.05) is 30.5 Å². The second-order valence-electron chi connectivity index (χ2n) is 4.28. The van der Waals surface area contributed by atoms with Crippen molar-refractivity contribution in [2.24, 2.45) is 0 Å². The number of rotatable bonds is 5. The van der Waals surface area contributed by atoms with Crippen molar-refractivity contribution in [1.29, 1.82) is 0 Å². The topological polar surface area (TPSA) is 84.2 Å². The van der Waals surface area contributed by atoms with Gasteiger partial charge in [-0.3, -0.25) is 0 Å². The number of para-hydroxylation sites is 1. The zero-order chi connectivity index (χ0) is 15.5. The summed E-state index contributed by atoms with van der Waals surface area (Å²) in [6.07, 6.45) is 1.99. The van der Waals surface area contributed by atoms with Gasteiger partial charge in [0.2, 0.25) is 10.0 Å². The van der Waals surface area contributed by atoms with E-state index in [4.69, 9.17) is 5.73 Å². The Kier molecular flexibility index (Phi) is 4.76. The molecular weight excluding hydrogens is 306 g/mol. The van der Waals surface area contributed by atoms with Crippen LogP contribution in [0.1, 0.15) is 0 Å². The minimum Gasteiger partial charge on any atom is -0.397 e. The number of nitrogens with one attached hydrogen (secondary N) is 2. The third-order valence-electron chi connectivity index (χ3n) is 2.98. The molecule has 7 heteroatoms. The molecule has 0 bridgehead atoms. The van der Waals surface area contributed by atoms with Crippen LogP contribution in [0.15, 0.2) is 52.3 Å². The predicted octanol–water partition coefficient (Wildman–Crippen LogP) is 2.64. The van der Waals surface area contributed by atoms with E-state index in [9.17, 15) is 8.42 Å². The highest BCUT2D eigenvalue weighted by atomic mass is 32.2. The van der Waals surface area contributed by atoms with Crippen LogP contribution in [0, 0.1) is 0 Å². The maximum atomic E-state index is 11.7. The summed E-state index contributed by atoms with van der Waals surface area (Å²) >= 11 is 1.62. The molecule has 2 aromatic carbocycles. The van der Waals surface area contributed by atoms with Crippen LogP contribution in [-0.2, 0) is 10.0 Å². The van der Waals surface area contributed by atoms with Crippen LogP contribution < -0.4 is 15.8 Å². The minimum absolute atomic E-state index is 0.145. The van der Waals surface area contributed by atoms with Crippen molar-refractivity contribution in [3.8, 4) is 0 Å². The van der Waals surface area contributed by atoms with Gasteiger partial charge in [-0.1, -0.05) is 12.1 Å². The largest absolute Gasteiger partial charge is 0.397 e. The molecule has 0 spiro atoms. The summed E-state index contributed by atoms with van der Waals surface area (Å²) in [5.74, 6) is 0. The molecule has 0 unspecified atom stereocenters. The molecular formula is C14H17N3O2S2. The summed E-state index contributed by atoms with van der Waals surface area (Å²) in [5.41, 5.74) is 7.93. The SMILES string of the molecule is CNS(=O)(=O)c1ccc(Nc2ccccc2SC)c(N)c1. The Hall–Kier alpha value is -1.70. The lowest BCUT2D eigenvalue weighted by molar-refractivity contribution is 0.588. The van der Waals surface area contributed by atoms with Crippen LogP contribution in [0.3, 0.4) is 0 Å². The molecule has 0 atom stereocenters. The summed E-state index contributed by atoms with van der Waals surface area (Å²) in [6.45, 7) is 0. The molecule has 2 aromatic rings. The second kappa shape index (κ2) is 6.38. The summed E-state index contributed by atoms with van der Waals surface area (Å²) in [6, 6.07) is 12.5. The molecule has 0 saturated heterocycles. The fraction of sp³-hybridized carbons (Fsp3) is 0.143. The lowest BCUT2D eigenvalue weighted by atomic mass is 10.2. The third-order valence-corrected chi connectivity index (χ3v) is 5.19. The van der Waals surface area contributed by atoms with Crippen molar-refractivity contribution >= 4 is 38.8 Å². The van der Waals surface area contributed by atoms with E-state index in [0.717, 1.165) is 10.6 Å². The van der Waals surface area contributed by atoms with Crippen LogP contribution in [0.4, 0.5) is 17.1 Å². The van der Waals surface area contributed by atoms with E-state index in [2.05, 4.69) is 10.0 Å². The molecule has 21 heavy (non-hydrogen) atoms. The smallest absolute Gasteiger partial charge is 0.240 e. The van der Waals surface area contributed by atoms with Crippen LogP contribution in [-0.4, -0.2) is 21.7 Å². The monoisotopic (exact) mass is 323 g/mol. The van der Waals surface area contributed by atoms with Gasteiger partial charge in [0, 0.05) is 4.90 Å². The van der Waals surface area contributed by atoms with Gasteiger partial charge in [-0.25, -0.2) is 13.1 Å². The molecule has 5 nitrogen and oxygen atoms in total. The van der Waals surface area contributed by atoms with E-state index in [1.54, 1.807) is 17.8 Å². The molecule has 0 aliphatic heterocycles. The fourth-order valence-electron chi connectivity index (χ4n) is 1.83. The molecule has 112 valence electrons. The maximum absolute atomic E-state index is 11.7. The Bertz CT molecular complexity index is 746. The Morgan fingerprint density at radius 2 is 1.81 bits per heavy atom. The molecule has 4 N–H and O–H groups in total. The standard InChI is InChI=1S/C14H17N3O2S2/c1-16-21(18,19)10-7-8-12(11(15)9-10)17-13-5-3-4-6-14(13)20-2/h3-9,16-17H,15H2,1-2H3. The average molecular weight is 323 g/mol. The number of hydrogen-bond acceptors (Lipinski definition) is 5. The van der Waals surface area contributed by atoms with Crippen LogP contribution >= 0.6 is 11.8 Å². The van der Waals surface area contributed by atoms with Gasteiger partial charge in [0.15, 0.2) is 0 Å². The quantitative estimate of drug-likeness (QED) is 0.582. The van der Waals surface area contributed by atoms with Gasteiger partial charge < -0.3 is 11.1 Å². The molecule has 0 aliphatic rings. The van der Waals surface area contributed by atoms with Gasteiger partial charge >= 0.3 is 0 Å². The number of nitrogen functional groups attached to an aromatic ring is 1. The first-order valence-corrected chi connectivity index (χ1v) is 8.92. The summed E-state index contributed by atoms with van der Waals surface area (Å²) in [4.78, 5) is 1.23. The van der Waals surface area contributed by atoms with E-state index in [1.165, 1.54) is 19.2 Å². The molecule has 0 fully saturated rings. The lowest BCUT2D eigenvalue weighted by Crippen LogP contribution is -2.18. The number of nitrogens with two attached hydrogens (primary N) is 1. The van der Waals surface area contributed by atoms with Gasteiger partial charge in [-0.05, 0) is 43.6 Å². The highest BCUT2D eigenvalue weighted by molar-refractivity contribution is 7.98. The van der Waals surface area contributed by atoms with Gasteiger partial charge in [-0.15, -0.1) is 11.8 Å². The number of hydrogen-bond donors (Lipinski definition) is 3. The van der Waals surface area contributed by atoms with Crippen molar-refractivity contribution in [1.82, 2.24) is 4.72 Å². The molecule has 0 amide bonds. The summed E-state index contributed by atoms with van der Waals surface area (Å²) in [7, 11) is -2.12. The van der Waals surface area contributed by atoms with Crippen molar-refractivity contribution < 1.29 is 8.42 Å². The molecule has 0 radical (unpaired) electrons. The molecule has 0 heterocycles. The third kappa shape index (κ3) is 3.49. The Morgan fingerprint density at radius 3 is 2.43 bits per heavy atom. The molecule has 2 rings (SSSR count). The van der Waals surface area contributed by atoms with Crippen LogP contribution in [0.2, 0.25) is 0 Å². The van der Waals surface area contributed by atoms with Gasteiger partial charge in [0.25, 0.3) is 0 Å². The van der Waals surface area contributed by atoms with E-state index in [0.29, 0.717) is 11.4 Å². The Balaban J connectivity index is 2.34. The highest BCUT2D eigenvalue weighted by Gasteiger charge is 2.13. The van der Waals surface area contributed by atoms with Crippen molar-refractivity contribution in [3.63, 3.8) is 0 Å². The maximum Gasteiger partial charge on any atom is 0.240 e. The zero-order valence-electron chi connectivity index (χ0n) is 11.8. The number of thioether (sulfide) groups is 1. The van der Waals surface area contributed by atoms with Gasteiger partial charge in [0.1, 0.15) is 0 Å². The lowest BCUT2D eigenvalue weighted by Gasteiger charge is -2.13. The van der Waals surface area contributed by atoms with Crippen LogP contribution in [0.25, 0.3) is 0 Å². The average Bonchev–Trinajstić information content (AvgIpc) is 2.49. The van der Waals surface area contributed by atoms with Gasteiger partial charge in [0.05, 0.1) is 22.0 Å². The molecule has 0 aromatic heterocycles. The van der Waals surface area contributed by atoms with Crippen molar-refractivity contribution in [2.75, 3.05) is 24.4 Å². The number of anilines is 3. The summed E-state index contributed by atoms with van der Waals surface area (Å²) in [5, 5.41) is 3.23. The van der Waals surface area contributed by atoms with Crippen molar-refractivity contribution in [2.45, 2.75) is 9.79 Å². The number of sulfonamides is 1. The first kappa shape index (κ1) is 15.7. The van der Waals surface area contributed by atoms with Crippen molar-refractivity contribution in [3.05, 3.63) is 42.5 Å². The first-order valence-electron chi connectivity index (χ1n) is 6.21. The predicted molar refractivity (Wildman–Crippen MR) is 88.6 cm³/mol. The Morgan fingerprint density at radius 1 is 1.10 bits per heavy atom. The highest BCUT2D eigenvalue weighted by Crippen LogP contribution is 2.31. The summed E-state index contributed by atoms with van der Waals surface area (Å²) < 4.78 is 25.7. The Labute approximate surface area is 129 Å².